The van der Waals surface area contributed by atoms with E-state index in [1.165, 1.54) is 0 Å². The number of nitrogens with zero attached hydrogens (tertiary/aromatic N) is 1. The predicted octanol–water partition coefficient (Wildman–Crippen LogP) is 3.66. The van der Waals surface area contributed by atoms with Crippen molar-refractivity contribution in [3.63, 3.8) is 0 Å². The smallest absolute Gasteiger partial charge is 0.244 e. The Bertz CT molecular complexity index is 399. The maximum absolute atomic E-state index is 12.1. The van der Waals surface area contributed by atoms with Gasteiger partial charge in [0.15, 0.2) is 0 Å². The van der Waals surface area contributed by atoms with Gasteiger partial charge in [0.05, 0.1) is 15.7 Å². The van der Waals surface area contributed by atoms with Gasteiger partial charge in [0, 0.05) is 13.1 Å². The highest BCUT2D eigenvalue weighted by Gasteiger charge is 2.19. The molecule has 1 rings (SSSR count). The van der Waals surface area contributed by atoms with E-state index >= 15 is 0 Å². The van der Waals surface area contributed by atoms with Crippen molar-refractivity contribution < 1.29 is 4.79 Å². The molecule has 0 radical (unpaired) electrons. The van der Waals surface area contributed by atoms with Crippen LogP contribution in [0.15, 0.2) is 18.2 Å². The fraction of sp³-hybridized carbons (Fsp3) is 0.462. The Hall–Kier alpha value is -0.930. The number of amides is 1. The first-order valence-electron chi connectivity index (χ1n) is 6.00. The van der Waals surface area contributed by atoms with Crippen LogP contribution in [0.2, 0.25) is 10.0 Å². The standard InChI is InChI=1S/C13H18Cl2N2O/c1-4-17(5-2)13(18)9(3)16-12-10(14)7-6-8-11(12)15/h6-9,16H,4-5H2,1-3H3. The monoisotopic (exact) mass is 288 g/mol. The number of carbonyl (C=O) groups is 1. The summed E-state index contributed by atoms with van der Waals surface area (Å²) in [5.74, 6) is 0.0380. The van der Waals surface area contributed by atoms with Crippen LogP contribution in [0.1, 0.15) is 20.8 Å². The molecule has 5 heteroatoms. The van der Waals surface area contributed by atoms with Crippen molar-refractivity contribution >= 4 is 34.8 Å². The molecule has 1 unspecified atom stereocenters. The number of likely N-dealkylation sites (N-methyl/N-ethyl adjacent to an activating group) is 1. The van der Waals surface area contributed by atoms with E-state index in [0.29, 0.717) is 28.8 Å². The van der Waals surface area contributed by atoms with Gasteiger partial charge in [0.25, 0.3) is 0 Å². The van der Waals surface area contributed by atoms with E-state index in [2.05, 4.69) is 5.32 Å². The Balaban J connectivity index is 2.81. The van der Waals surface area contributed by atoms with Crippen molar-refractivity contribution in [1.82, 2.24) is 4.90 Å². The van der Waals surface area contributed by atoms with Crippen LogP contribution in [0.4, 0.5) is 5.69 Å². The van der Waals surface area contributed by atoms with E-state index in [-0.39, 0.29) is 11.9 Å². The van der Waals surface area contributed by atoms with Gasteiger partial charge in [-0.3, -0.25) is 4.79 Å². The molecule has 3 nitrogen and oxygen atoms in total. The van der Waals surface area contributed by atoms with Gasteiger partial charge in [0.2, 0.25) is 5.91 Å². The molecule has 0 spiro atoms. The van der Waals surface area contributed by atoms with Gasteiger partial charge in [-0.05, 0) is 32.9 Å². The highest BCUT2D eigenvalue weighted by Crippen LogP contribution is 2.30. The van der Waals surface area contributed by atoms with Gasteiger partial charge in [-0.2, -0.15) is 0 Å². The molecule has 0 aliphatic heterocycles. The average Bonchev–Trinajstić information content (AvgIpc) is 2.35. The van der Waals surface area contributed by atoms with Crippen LogP contribution in [0.5, 0.6) is 0 Å². The van der Waals surface area contributed by atoms with Crippen LogP contribution in [0, 0.1) is 0 Å². The van der Waals surface area contributed by atoms with Crippen molar-refractivity contribution in [2.24, 2.45) is 0 Å². The molecule has 0 aliphatic rings. The molecule has 0 heterocycles. The lowest BCUT2D eigenvalue weighted by Crippen LogP contribution is -2.41. The lowest BCUT2D eigenvalue weighted by atomic mass is 10.2. The van der Waals surface area contributed by atoms with Gasteiger partial charge >= 0.3 is 0 Å². The quantitative estimate of drug-likeness (QED) is 0.897. The Morgan fingerprint density at radius 3 is 2.22 bits per heavy atom. The van der Waals surface area contributed by atoms with E-state index in [1.54, 1.807) is 30.0 Å². The second-order valence-corrected chi connectivity index (χ2v) is 4.79. The number of halogens is 2. The third-order valence-corrected chi connectivity index (χ3v) is 3.40. The van der Waals surface area contributed by atoms with Crippen LogP contribution >= 0.6 is 23.2 Å². The van der Waals surface area contributed by atoms with Crippen molar-refractivity contribution in [2.75, 3.05) is 18.4 Å². The Morgan fingerprint density at radius 1 is 1.28 bits per heavy atom. The van der Waals surface area contributed by atoms with E-state index in [9.17, 15) is 4.79 Å². The molecular weight excluding hydrogens is 271 g/mol. The summed E-state index contributed by atoms with van der Waals surface area (Å²) in [5.41, 5.74) is 0.605. The maximum atomic E-state index is 12.1. The number of rotatable bonds is 5. The predicted molar refractivity (Wildman–Crippen MR) is 77.5 cm³/mol. The lowest BCUT2D eigenvalue weighted by molar-refractivity contribution is -0.131. The lowest BCUT2D eigenvalue weighted by Gasteiger charge is -2.24. The summed E-state index contributed by atoms with van der Waals surface area (Å²) in [7, 11) is 0. The number of anilines is 1. The molecule has 0 saturated carbocycles. The van der Waals surface area contributed by atoms with Crippen molar-refractivity contribution in [3.05, 3.63) is 28.2 Å². The zero-order chi connectivity index (χ0) is 13.7. The van der Waals surface area contributed by atoms with Crippen LogP contribution in [0.25, 0.3) is 0 Å². The first kappa shape index (κ1) is 15.1. The molecule has 100 valence electrons. The third kappa shape index (κ3) is 3.53. The van der Waals surface area contributed by atoms with Crippen molar-refractivity contribution in [1.29, 1.82) is 0 Å². The largest absolute Gasteiger partial charge is 0.371 e. The molecule has 0 saturated heterocycles. The zero-order valence-electron chi connectivity index (χ0n) is 10.8. The molecule has 1 amide bonds. The van der Waals surface area contributed by atoms with Crippen molar-refractivity contribution in [3.8, 4) is 0 Å². The summed E-state index contributed by atoms with van der Waals surface area (Å²) in [6, 6.07) is 4.89. The number of carbonyl (C=O) groups excluding carboxylic acids is 1. The van der Waals surface area contributed by atoms with Crippen LogP contribution in [-0.2, 0) is 4.79 Å². The first-order chi connectivity index (χ1) is 8.51. The second kappa shape index (κ2) is 6.86. The van der Waals surface area contributed by atoms with Crippen molar-refractivity contribution in [2.45, 2.75) is 26.8 Å². The van der Waals surface area contributed by atoms with Gasteiger partial charge in [-0.15, -0.1) is 0 Å². The number of nitrogens with one attached hydrogen (secondary N) is 1. The molecule has 0 fully saturated rings. The molecular formula is C13H18Cl2N2O. The summed E-state index contributed by atoms with van der Waals surface area (Å²) in [6.07, 6.45) is 0. The van der Waals surface area contributed by atoms with E-state index < -0.39 is 0 Å². The maximum Gasteiger partial charge on any atom is 0.244 e. The van der Waals surface area contributed by atoms with E-state index in [0.717, 1.165) is 0 Å². The minimum atomic E-state index is -0.359. The van der Waals surface area contributed by atoms with Gasteiger partial charge in [-0.25, -0.2) is 0 Å². The summed E-state index contributed by atoms with van der Waals surface area (Å²) in [6.45, 7) is 7.10. The Morgan fingerprint density at radius 2 is 1.78 bits per heavy atom. The summed E-state index contributed by atoms with van der Waals surface area (Å²) >= 11 is 12.1. The molecule has 1 aromatic carbocycles. The number of hydrogen-bond acceptors (Lipinski definition) is 2. The van der Waals surface area contributed by atoms with Gasteiger partial charge in [0.1, 0.15) is 6.04 Å². The molecule has 0 bridgehead atoms. The molecule has 0 aromatic heterocycles. The number of hydrogen-bond donors (Lipinski definition) is 1. The topological polar surface area (TPSA) is 32.3 Å². The normalized spacial score (nSPS) is 12.1. The SMILES string of the molecule is CCN(CC)C(=O)C(C)Nc1c(Cl)cccc1Cl. The molecule has 1 aromatic rings. The third-order valence-electron chi connectivity index (χ3n) is 2.77. The molecule has 1 N–H and O–H groups in total. The number of para-hydroxylation sites is 1. The molecule has 1 atom stereocenters. The van der Waals surface area contributed by atoms with E-state index in [4.69, 9.17) is 23.2 Å². The fourth-order valence-electron chi connectivity index (χ4n) is 1.72. The van der Waals surface area contributed by atoms with Crippen LogP contribution in [0.3, 0.4) is 0 Å². The van der Waals surface area contributed by atoms with Gasteiger partial charge < -0.3 is 10.2 Å². The first-order valence-corrected chi connectivity index (χ1v) is 6.76. The number of benzene rings is 1. The van der Waals surface area contributed by atoms with Gasteiger partial charge in [-0.1, -0.05) is 29.3 Å². The minimum Gasteiger partial charge on any atom is -0.371 e. The van der Waals surface area contributed by atoms with E-state index in [1.807, 2.05) is 13.8 Å². The zero-order valence-corrected chi connectivity index (χ0v) is 12.3. The average molecular weight is 289 g/mol. The fourth-order valence-corrected chi connectivity index (χ4v) is 2.23. The Labute approximate surface area is 118 Å². The highest BCUT2D eigenvalue weighted by molar-refractivity contribution is 6.39. The molecule has 18 heavy (non-hydrogen) atoms. The Kier molecular flexibility index (Phi) is 5.76. The minimum absolute atomic E-state index is 0.0380. The summed E-state index contributed by atoms with van der Waals surface area (Å²) in [5, 5.41) is 4.10. The summed E-state index contributed by atoms with van der Waals surface area (Å²) in [4.78, 5) is 13.9. The highest BCUT2D eigenvalue weighted by atomic mass is 35.5. The summed E-state index contributed by atoms with van der Waals surface area (Å²) < 4.78 is 0. The molecule has 0 aliphatic carbocycles. The van der Waals surface area contributed by atoms with Crippen LogP contribution in [-0.4, -0.2) is 29.9 Å². The second-order valence-electron chi connectivity index (χ2n) is 3.97. The van der Waals surface area contributed by atoms with Crippen LogP contribution < -0.4 is 5.32 Å².